The third-order valence-corrected chi connectivity index (χ3v) is 2.84. The standard InChI is InChI=1S/C11H13IN2O4/c1-3-18-11(15)7(2)13-9-5-4-8(12)6-10(9)14(16)17/h4-7,13H,3H2,1-2H3. The van der Waals surface area contributed by atoms with Gasteiger partial charge in [-0.15, -0.1) is 0 Å². The van der Waals surface area contributed by atoms with Crippen molar-refractivity contribution in [3.05, 3.63) is 31.9 Å². The molecule has 1 rings (SSSR count). The summed E-state index contributed by atoms with van der Waals surface area (Å²) < 4.78 is 5.59. The molecule has 1 unspecified atom stereocenters. The molecule has 1 atom stereocenters. The number of ether oxygens (including phenoxy) is 1. The Bertz CT molecular complexity index is 464. The highest BCUT2D eigenvalue weighted by Crippen LogP contribution is 2.26. The number of nitro groups is 1. The van der Waals surface area contributed by atoms with Gasteiger partial charge in [-0.3, -0.25) is 10.1 Å². The van der Waals surface area contributed by atoms with E-state index in [0.717, 1.165) is 3.57 Å². The van der Waals surface area contributed by atoms with E-state index >= 15 is 0 Å². The summed E-state index contributed by atoms with van der Waals surface area (Å²) in [4.78, 5) is 21.9. The van der Waals surface area contributed by atoms with Crippen LogP contribution in [0, 0.1) is 13.7 Å². The van der Waals surface area contributed by atoms with Gasteiger partial charge in [0.05, 0.1) is 11.5 Å². The first-order valence-electron chi connectivity index (χ1n) is 5.32. The van der Waals surface area contributed by atoms with Gasteiger partial charge in [-0.05, 0) is 48.6 Å². The van der Waals surface area contributed by atoms with Crippen LogP contribution in [0.25, 0.3) is 0 Å². The first-order valence-corrected chi connectivity index (χ1v) is 6.40. The summed E-state index contributed by atoms with van der Waals surface area (Å²) in [6, 6.07) is 4.12. The summed E-state index contributed by atoms with van der Waals surface area (Å²) in [6.45, 7) is 3.58. The molecule has 7 heteroatoms. The lowest BCUT2D eigenvalue weighted by Gasteiger charge is -2.13. The molecule has 0 saturated carbocycles. The van der Waals surface area contributed by atoms with Crippen molar-refractivity contribution in [3.63, 3.8) is 0 Å². The highest BCUT2D eigenvalue weighted by Gasteiger charge is 2.19. The number of hydrogen-bond donors (Lipinski definition) is 1. The van der Waals surface area contributed by atoms with E-state index in [-0.39, 0.29) is 12.3 Å². The summed E-state index contributed by atoms with van der Waals surface area (Å²) in [5.74, 6) is -0.439. The number of nitrogens with one attached hydrogen (secondary N) is 1. The predicted molar refractivity (Wildman–Crippen MR) is 75.5 cm³/mol. The Labute approximate surface area is 118 Å². The molecule has 18 heavy (non-hydrogen) atoms. The SMILES string of the molecule is CCOC(=O)C(C)Nc1ccc(I)cc1[N+](=O)[O-]. The molecule has 0 radical (unpaired) electrons. The molecule has 0 fully saturated rings. The number of nitrogens with zero attached hydrogens (tertiary/aromatic N) is 1. The van der Waals surface area contributed by atoms with Crippen molar-refractivity contribution in [2.24, 2.45) is 0 Å². The molecule has 0 spiro atoms. The van der Waals surface area contributed by atoms with Gasteiger partial charge in [0.25, 0.3) is 5.69 Å². The highest BCUT2D eigenvalue weighted by molar-refractivity contribution is 14.1. The van der Waals surface area contributed by atoms with Crippen LogP contribution in [0.1, 0.15) is 13.8 Å². The number of anilines is 1. The Hall–Kier alpha value is -1.38. The van der Waals surface area contributed by atoms with E-state index in [2.05, 4.69) is 5.32 Å². The van der Waals surface area contributed by atoms with E-state index in [1.165, 1.54) is 6.07 Å². The van der Waals surface area contributed by atoms with Crippen molar-refractivity contribution < 1.29 is 14.5 Å². The monoisotopic (exact) mass is 364 g/mol. The normalized spacial score (nSPS) is 11.7. The van der Waals surface area contributed by atoms with E-state index in [4.69, 9.17) is 4.74 Å². The average Bonchev–Trinajstić information content (AvgIpc) is 2.31. The Morgan fingerprint density at radius 3 is 2.83 bits per heavy atom. The van der Waals surface area contributed by atoms with Crippen LogP contribution < -0.4 is 5.32 Å². The van der Waals surface area contributed by atoms with Gasteiger partial charge in [0.1, 0.15) is 11.7 Å². The number of carbonyl (C=O) groups is 1. The second kappa shape index (κ2) is 6.53. The molecule has 0 aliphatic rings. The summed E-state index contributed by atoms with van der Waals surface area (Å²) >= 11 is 1.99. The first kappa shape index (κ1) is 14.7. The molecule has 0 bridgehead atoms. The van der Waals surface area contributed by atoms with Crippen molar-refractivity contribution >= 4 is 39.9 Å². The summed E-state index contributed by atoms with van der Waals surface area (Å²) in [5.41, 5.74) is 0.249. The van der Waals surface area contributed by atoms with Crippen LogP contribution in [-0.4, -0.2) is 23.5 Å². The van der Waals surface area contributed by atoms with Gasteiger partial charge in [0.15, 0.2) is 0 Å². The van der Waals surface area contributed by atoms with Gasteiger partial charge >= 0.3 is 5.97 Å². The van der Waals surface area contributed by atoms with E-state index in [0.29, 0.717) is 5.69 Å². The highest BCUT2D eigenvalue weighted by atomic mass is 127. The van der Waals surface area contributed by atoms with Gasteiger partial charge in [-0.2, -0.15) is 0 Å². The van der Waals surface area contributed by atoms with Crippen molar-refractivity contribution in [1.29, 1.82) is 0 Å². The van der Waals surface area contributed by atoms with E-state index in [1.54, 1.807) is 26.0 Å². The Morgan fingerprint density at radius 1 is 1.61 bits per heavy atom. The van der Waals surface area contributed by atoms with Crippen LogP contribution in [0.5, 0.6) is 0 Å². The topological polar surface area (TPSA) is 81.5 Å². The molecule has 1 aromatic carbocycles. The fourth-order valence-corrected chi connectivity index (χ4v) is 1.81. The molecule has 0 amide bonds. The summed E-state index contributed by atoms with van der Waals surface area (Å²) in [6.07, 6.45) is 0. The molecule has 0 aliphatic heterocycles. The Balaban J connectivity index is 2.90. The molecular formula is C11H13IN2O4. The maximum atomic E-state index is 11.4. The molecule has 0 heterocycles. The molecule has 0 aliphatic carbocycles. The van der Waals surface area contributed by atoms with Crippen LogP contribution >= 0.6 is 22.6 Å². The minimum absolute atomic E-state index is 0.0574. The number of esters is 1. The second-order valence-electron chi connectivity index (χ2n) is 3.54. The van der Waals surface area contributed by atoms with E-state index in [9.17, 15) is 14.9 Å². The quantitative estimate of drug-likeness (QED) is 0.376. The van der Waals surface area contributed by atoms with E-state index < -0.39 is 16.9 Å². The lowest BCUT2D eigenvalue weighted by Crippen LogP contribution is -2.28. The van der Waals surface area contributed by atoms with Crippen LogP contribution in [0.3, 0.4) is 0 Å². The zero-order valence-electron chi connectivity index (χ0n) is 9.97. The number of rotatable bonds is 5. The lowest BCUT2D eigenvalue weighted by molar-refractivity contribution is -0.384. The van der Waals surface area contributed by atoms with Crippen molar-refractivity contribution in [3.8, 4) is 0 Å². The molecule has 98 valence electrons. The predicted octanol–water partition coefficient (Wildman–Crippen LogP) is 2.56. The molecular weight excluding hydrogens is 351 g/mol. The number of benzene rings is 1. The Morgan fingerprint density at radius 2 is 2.28 bits per heavy atom. The van der Waals surface area contributed by atoms with Crippen molar-refractivity contribution in [2.75, 3.05) is 11.9 Å². The number of halogens is 1. The largest absolute Gasteiger partial charge is 0.464 e. The third kappa shape index (κ3) is 3.83. The number of nitro benzene ring substituents is 1. The maximum absolute atomic E-state index is 11.4. The summed E-state index contributed by atoms with van der Waals surface area (Å²) in [5, 5.41) is 13.7. The zero-order valence-corrected chi connectivity index (χ0v) is 12.1. The fourth-order valence-electron chi connectivity index (χ4n) is 1.34. The van der Waals surface area contributed by atoms with Gasteiger partial charge < -0.3 is 10.1 Å². The van der Waals surface area contributed by atoms with Gasteiger partial charge in [-0.1, -0.05) is 0 Å². The van der Waals surface area contributed by atoms with Crippen LogP contribution in [0.4, 0.5) is 11.4 Å². The van der Waals surface area contributed by atoms with Crippen LogP contribution in [0.15, 0.2) is 18.2 Å². The first-order chi connectivity index (χ1) is 8.45. The number of carbonyl (C=O) groups excluding carboxylic acids is 1. The fraction of sp³-hybridized carbons (Fsp3) is 0.364. The number of hydrogen-bond acceptors (Lipinski definition) is 5. The smallest absolute Gasteiger partial charge is 0.328 e. The van der Waals surface area contributed by atoms with Crippen LogP contribution in [-0.2, 0) is 9.53 Å². The third-order valence-electron chi connectivity index (χ3n) is 2.17. The van der Waals surface area contributed by atoms with Gasteiger partial charge in [0.2, 0.25) is 0 Å². The maximum Gasteiger partial charge on any atom is 0.328 e. The van der Waals surface area contributed by atoms with Crippen molar-refractivity contribution in [1.82, 2.24) is 0 Å². The minimum Gasteiger partial charge on any atom is -0.464 e. The summed E-state index contributed by atoms with van der Waals surface area (Å²) in [7, 11) is 0. The zero-order chi connectivity index (χ0) is 13.7. The van der Waals surface area contributed by atoms with E-state index in [1.807, 2.05) is 22.6 Å². The van der Waals surface area contributed by atoms with Gasteiger partial charge in [-0.25, -0.2) is 4.79 Å². The minimum atomic E-state index is -0.635. The second-order valence-corrected chi connectivity index (χ2v) is 4.78. The Kier molecular flexibility index (Phi) is 5.32. The molecule has 6 nitrogen and oxygen atoms in total. The molecule has 0 saturated heterocycles. The molecule has 1 N–H and O–H groups in total. The van der Waals surface area contributed by atoms with Crippen molar-refractivity contribution in [2.45, 2.75) is 19.9 Å². The molecule has 1 aromatic rings. The average molecular weight is 364 g/mol. The molecule has 0 aromatic heterocycles. The van der Waals surface area contributed by atoms with Gasteiger partial charge in [0, 0.05) is 9.64 Å². The van der Waals surface area contributed by atoms with Crippen LogP contribution in [0.2, 0.25) is 0 Å². The lowest BCUT2D eigenvalue weighted by atomic mass is 10.2.